The second-order valence-electron chi connectivity index (χ2n) is 4.75. The van der Waals surface area contributed by atoms with Crippen LogP contribution in [0, 0.1) is 0 Å². The van der Waals surface area contributed by atoms with Crippen LogP contribution in [0.1, 0.15) is 20.8 Å². The molecule has 1 aromatic rings. The highest BCUT2D eigenvalue weighted by Crippen LogP contribution is 2.32. The summed E-state index contributed by atoms with van der Waals surface area (Å²) >= 11 is 7.37. The summed E-state index contributed by atoms with van der Waals surface area (Å²) in [6, 6.07) is 5.33. The van der Waals surface area contributed by atoms with Crippen LogP contribution < -0.4 is 11.1 Å². The molecule has 0 fully saturated rings. The topological polar surface area (TPSA) is 55.1 Å². The zero-order valence-electron chi connectivity index (χ0n) is 10.2. The zero-order chi connectivity index (χ0) is 13.1. The van der Waals surface area contributed by atoms with Crippen LogP contribution in [0.15, 0.2) is 23.1 Å². The third-order valence-corrected chi connectivity index (χ3v) is 3.44. The standard InChI is InChI=1S/C12H17ClN2OS/c1-12(2,3)15-10(16)7-17-11-8(13)5-4-6-9(11)14/h4-6H,7,14H2,1-3H3,(H,15,16). The van der Waals surface area contributed by atoms with Gasteiger partial charge in [0.1, 0.15) is 0 Å². The van der Waals surface area contributed by atoms with Gasteiger partial charge in [0.15, 0.2) is 0 Å². The fraction of sp³-hybridized carbons (Fsp3) is 0.417. The number of thioether (sulfide) groups is 1. The van der Waals surface area contributed by atoms with E-state index in [0.29, 0.717) is 16.5 Å². The van der Waals surface area contributed by atoms with Crippen molar-refractivity contribution in [2.45, 2.75) is 31.2 Å². The molecule has 0 aliphatic rings. The van der Waals surface area contributed by atoms with E-state index in [4.69, 9.17) is 17.3 Å². The average Bonchev–Trinajstić information content (AvgIpc) is 2.14. The highest BCUT2D eigenvalue weighted by atomic mass is 35.5. The SMILES string of the molecule is CC(C)(C)NC(=O)CSc1c(N)cccc1Cl. The van der Waals surface area contributed by atoms with Gasteiger partial charge in [-0.05, 0) is 32.9 Å². The number of benzene rings is 1. The first-order valence-corrected chi connectivity index (χ1v) is 6.64. The van der Waals surface area contributed by atoms with Gasteiger partial charge in [-0.1, -0.05) is 17.7 Å². The van der Waals surface area contributed by atoms with Gasteiger partial charge in [0.25, 0.3) is 0 Å². The highest BCUT2D eigenvalue weighted by Gasteiger charge is 2.14. The van der Waals surface area contributed by atoms with E-state index in [1.165, 1.54) is 11.8 Å². The van der Waals surface area contributed by atoms with E-state index in [1.807, 2.05) is 20.8 Å². The fourth-order valence-corrected chi connectivity index (χ4v) is 2.40. The number of anilines is 1. The van der Waals surface area contributed by atoms with E-state index in [-0.39, 0.29) is 11.4 Å². The number of amides is 1. The first kappa shape index (κ1) is 14.2. The van der Waals surface area contributed by atoms with Crippen molar-refractivity contribution in [3.8, 4) is 0 Å². The van der Waals surface area contributed by atoms with Crippen LogP contribution >= 0.6 is 23.4 Å². The van der Waals surface area contributed by atoms with Gasteiger partial charge in [0.05, 0.1) is 10.8 Å². The molecule has 0 aliphatic carbocycles. The van der Waals surface area contributed by atoms with Crippen LogP contribution in [-0.2, 0) is 4.79 Å². The Kier molecular flexibility index (Phi) is 4.71. The van der Waals surface area contributed by atoms with E-state index < -0.39 is 0 Å². The Hall–Kier alpha value is -0.870. The van der Waals surface area contributed by atoms with Crippen LogP contribution in [-0.4, -0.2) is 17.2 Å². The van der Waals surface area contributed by atoms with Crippen molar-refractivity contribution < 1.29 is 4.79 Å². The molecule has 0 aromatic heterocycles. The first-order valence-electron chi connectivity index (χ1n) is 5.27. The summed E-state index contributed by atoms with van der Waals surface area (Å²) in [5.74, 6) is 0.285. The van der Waals surface area contributed by atoms with Gasteiger partial charge in [-0.3, -0.25) is 4.79 Å². The predicted molar refractivity (Wildman–Crippen MR) is 74.5 cm³/mol. The molecule has 0 unspecified atom stereocenters. The number of halogens is 1. The number of hydrogen-bond donors (Lipinski definition) is 2. The number of rotatable bonds is 3. The van der Waals surface area contributed by atoms with E-state index in [9.17, 15) is 4.79 Å². The van der Waals surface area contributed by atoms with E-state index in [2.05, 4.69) is 5.32 Å². The van der Waals surface area contributed by atoms with Crippen molar-refractivity contribution in [3.63, 3.8) is 0 Å². The zero-order valence-corrected chi connectivity index (χ0v) is 11.8. The lowest BCUT2D eigenvalue weighted by Crippen LogP contribution is -2.41. The molecule has 3 N–H and O–H groups in total. The quantitative estimate of drug-likeness (QED) is 0.657. The number of nitrogen functional groups attached to an aromatic ring is 1. The largest absolute Gasteiger partial charge is 0.398 e. The second kappa shape index (κ2) is 5.65. The number of carbonyl (C=O) groups excluding carboxylic acids is 1. The molecule has 0 atom stereocenters. The molecular formula is C12H17ClN2OS. The van der Waals surface area contributed by atoms with Gasteiger partial charge in [0, 0.05) is 16.1 Å². The molecule has 1 rings (SSSR count). The van der Waals surface area contributed by atoms with Crippen molar-refractivity contribution in [1.82, 2.24) is 5.32 Å². The maximum absolute atomic E-state index is 11.6. The number of nitrogens with two attached hydrogens (primary N) is 1. The fourth-order valence-electron chi connectivity index (χ4n) is 1.27. The van der Waals surface area contributed by atoms with Gasteiger partial charge < -0.3 is 11.1 Å². The number of carbonyl (C=O) groups is 1. The van der Waals surface area contributed by atoms with Crippen LogP contribution in [0.3, 0.4) is 0 Å². The van der Waals surface area contributed by atoms with Crippen LogP contribution in [0.2, 0.25) is 5.02 Å². The summed E-state index contributed by atoms with van der Waals surface area (Å²) in [4.78, 5) is 12.4. The second-order valence-corrected chi connectivity index (χ2v) is 6.14. The molecule has 94 valence electrons. The Morgan fingerprint density at radius 1 is 1.47 bits per heavy atom. The minimum absolute atomic E-state index is 0.0261. The minimum Gasteiger partial charge on any atom is -0.398 e. The lowest BCUT2D eigenvalue weighted by Gasteiger charge is -2.20. The summed E-state index contributed by atoms with van der Waals surface area (Å²) in [6.07, 6.45) is 0. The van der Waals surface area contributed by atoms with Crippen LogP contribution in [0.25, 0.3) is 0 Å². The maximum Gasteiger partial charge on any atom is 0.230 e. The lowest BCUT2D eigenvalue weighted by atomic mass is 10.1. The van der Waals surface area contributed by atoms with Gasteiger partial charge in [-0.25, -0.2) is 0 Å². The number of hydrogen-bond acceptors (Lipinski definition) is 3. The Morgan fingerprint density at radius 2 is 2.12 bits per heavy atom. The summed E-state index contributed by atoms with van der Waals surface area (Å²) in [6.45, 7) is 5.83. The van der Waals surface area contributed by atoms with Crippen molar-refractivity contribution in [3.05, 3.63) is 23.2 Å². The molecular weight excluding hydrogens is 256 g/mol. The molecule has 0 aliphatic heterocycles. The minimum atomic E-state index is -0.219. The van der Waals surface area contributed by atoms with Crippen LogP contribution in [0.5, 0.6) is 0 Å². The smallest absolute Gasteiger partial charge is 0.230 e. The Morgan fingerprint density at radius 3 is 2.65 bits per heavy atom. The Balaban J connectivity index is 2.59. The predicted octanol–water partition coefficient (Wildman–Crippen LogP) is 2.93. The molecule has 17 heavy (non-hydrogen) atoms. The third-order valence-electron chi connectivity index (χ3n) is 1.86. The first-order chi connectivity index (χ1) is 7.79. The van der Waals surface area contributed by atoms with E-state index in [0.717, 1.165) is 4.90 Å². The molecule has 0 saturated heterocycles. The van der Waals surface area contributed by atoms with Crippen molar-refractivity contribution in [1.29, 1.82) is 0 Å². The van der Waals surface area contributed by atoms with E-state index in [1.54, 1.807) is 18.2 Å². The molecule has 0 radical (unpaired) electrons. The van der Waals surface area contributed by atoms with Gasteiger partial charge in [-0.15, -0.1) is 11.8 Å². The molecule has 0 bridgehead atoms. The molecule has 1 amide bonds. The third kappa shape index (κ3) is 4.88. The maximum atomic E-state index is 11.6. The van der Waals surface area contributed by atoms with E-state index >= 15 is 0 Å². The van der Waals surface area contributed by atoms with Gasteiger partial charge in [0.2, 0.25) is 5.91 Å². The van der Waals surface area contributed by atoms with Crippen molar-refractivity contribution in [2.24, 2.45) is 0 Å². The average molecular weight is 273 g/mol. The molecule has 0 saturated carbocycles. The Labute approximate surface area is 111 Å². The van der Waals surface area contributed by atoms with Gasteiger partial charge >= 0.3 is 0 Å². The monoisotopic (exact) mass is 272 g/mol. The summed E-state index contributed by atoms with van der Waals surface area (Å²) in [5.41, 5.74) is 6.18. The van der Waals surface area contributed by atoms with Gasteiger partial charge in [-0.2, -0.15) is 0 Å². The Bertz CT molecular complexity index is 395. The highest BCUT2D eigenvalue weighted by molar-refractivity contribution is 8.00. The molecule has 5 heteroatoms. The summed E-state index contributed by atoms with van der Waals surface area (Å²) < 4.78 is 0. The number of nitrogens with one attached hydrogen (secondary N) is 1. The van der Waals surface area contributed by atoms with Crippen molar-refractivity contribution in [2.75, 3.05) is 11.5 Å². The summed E-state index contributed by atoms with van der Waals surface area (Å²) in [7, 11) is 0. The summed E-state index contributed by atoms with van der Waals surface area (Å²) in [5, 5.41) is 3.47. The van der Waals surface area contributed by atoms with Crippen LogP contribution in [0.4, 0.5) is 5.69 Å². The normalized spacial score (nSPS) is 11.3. The molecule has 3 nitrogen and oxygen atoms in total. The van der Waals surface area contributed by atoms with Crippen molar-refractivity contribution >= 4 is 35.0 Å². The molecule has 0 heterocycles. The lowest BCUT2D eigenvalue weighted by molar-refractivity contribution is -0.119. The molecule has 0 spiro atoms. The molecule has 1 aromatic carbocycles.